The second-order valence-electron chi connectivity index (χ2n) is 4.13. The van der Waals surface area contributed by atoms with E-state index in [1.54, 1.807) is 0 Å². The molecule has 2 aromatic carbocycles. The molecule has 2 rings (SSSR count). The molecule has 0 radical (unpaired) electrons. The largest absolute Gasteiger partial charge is 0.333 e. The Kier molecular flexibility index (Phi) is 13.2. The fraction of sp³-hybridized carbons (Fsp3) is 0.333. The van der Waals surface area contributed by atoms with E-state index >= 15 is 0 Å². The molecule has 0 saturated carbocycles. The molecule has 0 aliphatic rings. The van der Waals surface area contributed by atoms with Crippen molar-refractivity contribution < 1.29 is 0 Å². The molecule has 0 heterocycles. The number of alkyl halides is 1. The van der Waals surface area contributed by atoms with Crippen molar-refractivity contribution in [1.82, 2.24) is 0 Å². The van der Waals surface area contributed by atoms with Crippen LogP contribution in [0.4, 0.5) is 0 Å². The highest BCUT2D eigenvalue weighted by Crippen LogP contribution is 2.17. The summed E-state index contributed by atoms with van der Waals surface area (Å²) >= 11 is 5.38. The van der Waals surface area contributed by atoms with Crippen molar-refractivity contribution in [3.63, 3.8) is 0 Å². The Morgan fingerprint density at radius 3 is 1.40 bits per heavy atom. The second-order valence-corrected chi connectivity index (χ2v) is 4.51. The maximum absolute atomic E-state index is 5.38. The summed E-state index contributed by atoms with van der Waals surface area (Å²) in [5.41, 5.74) is 7.05. The van der Waals surface area contributed by atoms with E-state index < -0.39 is 0 Å². The van der Waals surface area contributed by atoms with E-state index in [1.807, 2.05) is 12.1 Å². The van der Waals surface area contributed by atoms with Crippen LogP contribution < -0.4 is 5.73 Å². The summed E-state index contributed by atoms with van der Waals surface area (Å²) in [4.78, 5) is 0. The van der Waals surface area contributed by atoms with Crippen molar-refractivity contribution in [3.8, 4) is 11.1 Å². The number of benzene rings is 2. The summed E-state index contributed by atoms with van der Waals surface area (Å²) in [6.07, 6.45) is 3.73. The number of nitrogens with two attached hydrogens (primary N) is 1. The fourth-order valence-corrected chi connectivity index (χ4v) is 1.79. The molecule has 0 amide bonds. The first kappa shape index (κ1) is 18.7. The molecule has 0 unspecified atom stereocenters. The van der Waals surface area contributed by atoms with Crippen LogP contribution >= 0.6 is 11.6 Å². The molecule has 1 nitrogen and oxygen atoms in total. The zero-order chi connectivity index (χ0) is 15.1. The standard InChI is InChI=1S/C12H10.C5H11Cl.CH5N/c1-3-7-11(8-4-1)12-9-5-2-6-10-12;1-2-3-4-5-6;1-2/h1-10H;2-5H2,1H3;2H2,1H3. The van der Waals surface area contributed by atoms with Gasteiger partial charge in [0, 0.05) is 5.88 Å². The molecule has 0 aliphatic heterocycles. The van der Waals surface area contributed by atoms with Gasteiger partial charge in [-0.2, -0.15) is 0 Å². The Hall–Kier alpha value is -1.31. The summed E-state index contributed by atoms with van der Waals surface area (Å²) < 4.78 is 0. The molecule has 0 spiro atoms. The number of hydrogen-bond donors (Lipinski definition) is 1. The average molecular weight is 292 g/mol. The molecule has 0 fully saturated rings. The molecule has 0 aromatic heterocycles. The van der Waals surface area contributed by atoms with Crippen molar-refractivity contribution in [3.05, 3.63) is 60.7 Å². The van der Waals surface area contributed by atoms with Crippen LogP contribution in [-0.4, -0.2) is 12.9 Å². The van der Waals surface area contributed by atoms with Crippen molar-refractivity contribution in [2.24, 2.45) is 5.73 Å². The molecule has 20 heavy (non-hydrogen) atoms. The van der Waals surface area contributed by atoms with Gasteiger partial charge in [0.15, 0.2) is 0 Å². The lowest BCUT2D eigenvalue weighted by atomic mass is 10.1. The molecule has 0 atom stereocenters. The predicted octanol–water partition coefficient (Wildman–Crippen LogP) is 5.34. The highest BCUT2D eigenvalue weighted by Gasteiger charge is 1.91. The summed E-state index contributed by atoms with van der Waals surface area (Å²) in [5.74, 6) is 0.827. The first-order chi connectivity index (χ1) is 9.88. The Balaban J connectivity index is 0.000000387. The molecular formula is C18H26ClN. The minimum absolute atomic E-state index is 0.827. The fourth-order valence-electron chi connectivity index (χ4n) is 1.61. The monoisotopic (exact) mass is 291 g/mol. The first-order valence-corrected chi connectivity index (χ1v) is 7.66. The molecule has 2 N–H and O–H groups in total. The lowest BCUT2D eigenvalue weighted by Crippen LogP contribution is -1.73. The van der Waals surface area contributed by atoms with Gasteiger partial charge in [0.1, 0.15) is 0 Å². The van der Waals surface area contributed by atoms with E-state index in [0.29, 0.717) is 0 Å². The highest BCUT2D eigenvalue weighted by molar-refractivity contribution is 6.17. The second kappa shape index (κ2) is 14.1. The first-order valence-electron chi connectivity index (χ1n) is 7.12. The molecule has 2 aromatic rings. The minimum atomic E-state index is 0.827. The van der Waals surface area contributed by atoms with Crippen LogP contribution in [0.5, 0.6) is 0 Å². The predicted molar refractivity (Wildman–Crippen MR) is 92.2 cm³/mol. The third-order valence-electron chi connectivity index (χ3n) is 2.62. The topological polar surface area (TPSA) is 26.0 Å². The van der Waals surface area contributed by atoms with Crippen LogP contribution in [-0.2, 0) is 0 Å². The summed E-state index contributed by atoms with van der Waals surface area (Å²) in [5, 5.41) is 0. The van der Waals surface area contributed by atoms with E-state index in [1.165, 1.54) is 37.4 Å². The van der Waals surface area contributed by atoms with Crippen molar-refractivity contribution in [2.75, 3.05) is 12.9 Å². The van der Waals surface area contributed by atoms with Crippen molar-refractivity contribution in [1.29, 1.82) is 0 Å². The zero-order valence-corrected chi connectivity index (χ0v) is 13.3. The van der Waals surface area contributed by atoms with E-state index in [0.717, 1.165) is 5.88 Å². The zero-order valence-electron chi connectivity index (χ0n) is 12.6. The summed E-state index contributed by atoms with van der Waals surface area (Å²) in [6.45, 7) is 2.17. The van der Waals surface area contributed by atoms with Gasteiger partial charge in [-0.1, -0.05) is 80.4 Å². The van der Waals surface area contributed by atoms with Gasteiger partial charge in [0.05, 0.1) is 0 Å². The molecule has 0 aliphatic carbocycles. The van der Waals surface area contributed by atoms with Gasteiger partial charge in [-0.3, -0.25) is 0 Å². The highest BCUT2D eigenvalue weighted by atomic mass is 35.5. The lowest BCUT2D eigenvalue weighted by molar-refractivity contribution is 0.776. The van der Waals surface area contributed by atoms with Gasteiger partial charge >= 0.3 is 0 Å². The molecule has 110 valence electrons. The third-order valence-corrected chi connectivity index (χ3v) is 2.89. The van der Waals surface area contributed by atoms with Gasteiger partial charge < -0.3 is 5.73 Å². The Bertz CT molecular complexity index is 359. The molecule has 2 heteroatoms. The minimum Gasteiger partial charge on any atom is -0.333 e. The average Bonchev–Trinajstić information content (AvgIpc) is 2.57. The number of hydrogen-bond acceptors (Lipinski definition) is 1. The Labute approximate surface area is 128 Å². The van der Waals surface area contributed by atoms with Crippen LogP contribution in [0.3, 0.4) is 0 Å². The maximum Gasteiger partial charge on any atom is 0.0223 e. The van der Waals surface area contributed by atoms with Gasteiger partial charge in [0.2, 0.25) is 0 Å². The maximum atomic E-state index is 5.38. The third kappa shape index (κ3) is 8.73. The molecular weight excluding hydrogens is 266 g/mol. The summed E-state index contributed by atoms with van der Waals surface area (Å²) in [6, 6.07) is 20.8. The van der Waals surface area contributed by atoms with Gasteiger partial charge in [0.25, 0.3) is 0 Å². The quantitative estimate of drug-likeness (QED) is 0.597. The van der Waals surface area contributed by atoms with Crippen LogP contribution in [0, 0.1) is 0 Å². The number of unbranched alkanes of at least 4 members (excludes halogenated alkanes) is 2. The van der Waals surface area contributed by atoms with E-state index in [-0.39, 0.29) is 0 Å². The van der Waals surface area contributed by atoms with E-state index in [2.05, 4.69) is 61.2 Å². The van der Waals surface area contributed by atoms with E-state index in [9.17, 15) is 0 Å². The van der Waals surface area contributed by atoms with Gasteiger partial charge in [-0.25, -0.2) is 0 Å². The smallest absolute Gasteiger partial charge is 0.0223 e. The van der Waals surface area contributed by atoms with Gasteiger partial charge in [-0.15, -0.1) is 11.6 Å². The van der Waals surface area contributed by atoms with Crippen LogP contribution in [0.25, 0.3) is 11.1 Å². The van der Waals surface area contributed by atoms with Crippen molar-refractivity contribution in [2.45, 2.75) is 26.2 Å². The van der Waals surface area contributed by atoms with Crippen LogP contribution in [0.1, 0.15) is 26.2 Å². The molecule has 0 bridgehead atoms. The van der Waals surface area contributed by atoms with Gasteiger partial charge in [-0.05, 0) is 24.6 Å². The van der Waals surface area contributed by atoms with Crippen molar-refractivity contribution >= 4 is 11.6 Å². The Morgan fingerprint density at radius 1 is 0.750 bits per heavy atom. The Morgan fingerprint density at radius 2 is 1.15 bits per heavy atom. The normalized spacial score (nSPS) is 8.80. The lowest BCUT2D eigenvalue weighted by Gasteiger charge is -1.98. The summed E-state index contributed by atoms with van der Waals surface area (Å²) in [7, 11) is 1.50. The van der Waals surface area contributed by atoms with E-state index in [4.69, 9.17) is 11.6 Å². The number of halogens is 1. The van der Waals surface area contributed by atoms with Crippen LogP contribution in [0.15, 0.2) is 60.7 Å². The number of rotatable bonds is 4. The van der Waals surface area contributed by atoms with Crippen LogP contribution in [0.2, 0.25) is 0 Å². The SMILES string of the molecule is CCCCCCl.CN.c1ccc(-c2ccccc2)cc1. The molecule has 0 saturated heterocycles.